The van der Waals surface area contributed by atoms with Crippen molar-refractivity contribution in [2.45, 2.75) is 25.8 Å². The molecular formula is C8H19ClN2. The van der Waals surface area contributed by atoms with Gasteiger partial charge in [0.25, 0.3) is 0 Å². The van der Waals surface area contributed by atoms with Gasteiger partial charge in [-0.05, 0) is 33.5 Å². The first-order chi connectivity index (χ1) is 4.69. The summed E-state index contributed by atoms with van der Waals surface area (Å²) in [6, 6.07) is 0. The maximum Gasteiger partial charge on any atom is 0.0314 e. The SMILES string of the molecule is CCN(C)C1(C)CCNC1.Cl. The molecule has 0 radical (unpaired) electrons. The lowest BCUT2D eigenvalue weighted by Crippen LogP contribution is -2.45. The van der Waals surface area contributed by atoms with Gasteiger partial charge >= 0.3 is 0 Å². The number of halogens is 1. The average Bonchev–Trinajstić information content (AvgIpc) is 2.36. The van der Waals surface area contributed by atoms with Crippen molar-refractivity contribution in [3.63, 3.8) is 0 Å². The second-order valence-corrected chi connectivity index (χ2v) is 3.44. The van der Waals surface area contributed by atoms with Gasteiger partial charge in [-0.1, -0.05) is 6.92 Å². The highest BCUT2D eigenvalue weighted by atomic mass is 35.5. The first-order valence-corrected chi connectivity index (χ1v) is 4.11. The maximum atomic E-state index is 3.39. The monoisotopic (exact) mass is 178 g/mol. The van der Waals surface area contributed by atoms with Gasteiger partial charge < -0.3 is 5.32 Å². The van der Waals surface area contributed by atoms with Crippen LogP contribution < -0.4 is 5.32 Å². The summed E-state index contributed by atoms with van der Waals surface area (Å²) in [5.41, 5.74) is 0.425. The Morgan fingerprint density at radius 3 is 2.55 bits per heavy atom. The molecule has 1 atom stereocenters. The van der Waals surface area contributed by atoms with Gasteiger partial charge in [0, 0.05) is 12.1 Å². The van der Waals surface area contributed by atoms with E-state index < -0.39 is 0 Å². The summed E-state index contributed by atoms with van der Waals surface area (Å²) in [5, 5.41) is 3.39. The third-order valence-electron chi connectivity index (χ3n) is 2.74. The van der Waals surface area contributed by atoms with Crippen LogP contribution in [-0.2, 0) is 0 Å². The molecule has 0 aromatic rings. The Morgan fingerprint density at radius 2 is 2.18 bits per heavy atom. The molecule has 0 saturated carbocycles. The molecule has 0 aromatic heterocycles. The molecule has 1 unspecified atom stereocenters. The molecule has 1 fully saturated rings. The van der Waals surface area contributed by atoms with Crippen molar-refractivity contribution in [1.29, 1.82) is 0 Å². The van der Waals surface area contributed by atoms with Gasteiger partial charge in [-0.3, -0.25) is 4.90 Å². The van der Waals surface area contributed by atoms with Gasteiger partial charge in [0.1, 0.15) is 0 Å². The fourth-order valence-electron chi connectivity index (χ4n) is 1.51. The zero-order chi connectivity index (χ0) is 7.61. The zero-order valence-electron chi connectivity index (χ0n) is 7.68. The molecule has 0 aromatic carbocycles. The van der Waals surface area contributed by atoms with Crippen LogP contribution in [0.5, 0.6) is 0 Å². The number of rotatable bonds is 2. The molecule has 1 aliphatic heterocycles. The van der Waals surface area contributed by atoms with Crippen molar-refractivity contribution < 1.29 is 0 Å². The van der Waals surface area contributed by atoms with Crippen molar-refractivity contribution in [2.75, 3.05) is 26.7 Å². The van der Waals surface area contributed by atoms with Crippen LogP contribution in [-0.4, -0.2) is 37.1 Å². The standard InChI is InChI=1S/C8H18N2.ClH/c1-4-10(3)8(2)5-6-9-7-8;/h9H,4-7H2,1-3H3;1H. The summed E-state index contributed by atoms with van der Waals surface area (Å²) in [5.74, 6) is 0. The van der Waals surface area contributed by atoms with E-state index >= 15 is 0 Å². The first-order valence-electron chi connectivity index (χ1n) is 4.11. The summed E-state index contributed by atoms with van der Waals surface area (Å²) in [7, 11) is 2.20. The summed E-state index contributed by atoms with van der Waals surface area (Å²) in [6.45, 7) is 8.02. The molecule has 2 nitrogen and oxygen atoms in total. The number of nitrogens with one attached hydrogen (secondary N) is 1. The molecule has 1 aliphatic rings. The highest BCUT2D eigenvalue weighted by Gasteiger charge is 2.31. The van der Waals surface area contributed by atoms with Gasteiger partial charge in [-0.25, -0.2) is 0 Å². The third kappa shape index (κ3) is 2.32. The minimum absolute atomic E-state index is 0. The second kappa shape index (κ2) is 4.29. The van der Waals surface area contributed by atoms with Crippen LogP contribution in [0.4, 0.5) is 0 Å². The Balaban J connectivity index is 0.000001000. The molecular weight excluding hydrogens is 160 g/mol. The van der Waals surface area contributed by atoms with E-state index in [-0.39, 0.29) is 12.4 Å². The molecule has 1 N–H and O–H groups in total. The lowest BCUT2D eigenvalue weighted by atomic mass is 10.00. The largest absolute Gasteiger partial charge is 0.315 e. The van der Waals surface area contributed by atoms with Crippen LogP contribution in [0, 0.1) is 0 Å². The molecule has 0 aliphatic carbocycles. The van der Waals surface area contributed by atoms with E-state index in [0.717, 1.165) is 13.1 Å². The van der Waals surface area contributed by atoms with Gasteiger partial charge in [-0.2, -0.15) is 0 Å². The molecule has 0 bridgehead atoms. The molecule has 0 amide bonds. The number of hydrogen-bond acceptors (Lipinski definition) is 2. The smallest absolute Gasteiger partial charge is 0.0314 e. The quantitative estimate of drug-likeness (QED) is 0.682. The van der Waals surface area contributed by atoms with Crippen molar-refractivity contribution in [3.8, 4) is 0 Å². The van der Waals surface area contributed by atoms with Crippen molar-refractivity contribution in [3.05, 3.63) is 0 Å². The van der Waals surface area contributed by atoms with E-state index in [1.54, 1.807) is 0 Å². The van der Waals surface area contributed by atoms with E-state index in [0.29, 0.717) is 5.54 Å². The Bertz CT molecular complexity index is 111. The van der Waals surface area contributed by atoms with Gasteiger partial charge in [-0.15, -0.1) is 12.4 Å². The van der Waals surface area contributed by atoms with Crippen LogP contribution in [0.1, 0.15) is 20.3 Å². The number of hydrogen-bond donors (Lipinski definition) is 1. The molecule has 1 heterocycles. The Labute approximate surface area is 75.8 Å². The second-order valence-electron chi connectivity index (χ2n) is 3.44. The highest BCUT2D eigenvalue weighted by molar-refractivity contribution is 5.85. The normalized spacial score (nSPS) is 30.5. The van der Waals surface area contributed by atoms with Gasteiger partial charge in [0.05, 0.1) is 0 Å². The van der Waals surface area contributed by atoms with Crippen LogP contribution in [0.15, 0.2) is 0 Å². The number of likely N-dealkylation sites (N-methyl/N-ethyl adjacent to an activating group) is 1. The van der Waals surface area contributed by atoms with Crippen LogP contribution >= 0.6 is 12.4 Å². The van der Waals surface area contributed by atoms with E-state index in [1.807, 2.05) is 0 Å². The average molecular weight is 179 g/mol. The van der Waals surface area contributed by atoms with Crippen LogP contribution in [0.3, 0.4) is 0 Å². The summed E-state index contributed by atoms with van der Waals surface area (Å²) >= 11 is 0. The lowest BCUT2D eigenvalue weighted by molar-refractivity contribution is 0.165. The predicted molar refractivity (Wildman–Crippen MR) is 51.4 cm³/mol. The van der Waals surface area contributed by atoms with Gasteiger partial charge in [0.2, 0.25) is 0 Å². The van der Waals surface area contributed by atoms with E-state index in [1.165, 1.54) is 13.0 Å². The van der Waals surface area contributed by atoms with Crippen LogP contribution in [0.25, 0.3) is 0 Å². The summed E-state index contributed by atoms with van der Waals surface area (Å²) in [6.07, 6.45) is 1.29. The fraction of sp³-hybridized carbons (Fsp3) is 1.00. The summed E-state index contributed by atoms with van der Waals surface area (Å²) in [4.78, 5) is 2.42. The lowest BCUT2D eigenvalue weighted by Gasteiger charge is -2.33. The molecule has 1 saturated heterocycles. The number of nitrogens with zero attached hydrogens (tertiary/aromatic N) is 1. The van der Waals surface area contributed by atoms with E-state index in [4.69, 9.17) is 0 Å². The van der Waals surface area contributed by atoms with E-state index in [2.05, 4.69) is 31.1 Å². The highest BCUT2D eigenvalue weighted by Crippen LogP contribution is 2.19. The Morgan fingerprint density at radius 1 is 1.55 bits per heavy atom. The molecule has 3 heteroatoms. The molecule has 68 valence electrons. The molecule has 0 spiro atoms. The third-order valence-corrected chi connectivity index (χ3v) is 2.74. The minimum atomic E-state index is 0. The van der Waals surface area contributed by atoms with Crippen molar-refractivity contribution in [2.24, 2.45) is 0 Å². The predicted octanol–water partition coefficient (Wildman–Crippen LogP) is 1.11. The molecule has 11 heavy (non-hydrogen) atoms. The van der Waals surface area contributed by atoms with Crippen LogP contribution in [0.2, 0.25) is 0 Å². The Hall–Kier alpha value is 0.210. The topological polar surface area (TPSA) is 15.3 Å². The van der Waals surface area contributed by atoms with Gasteiger partial charge in [0.15, 0.2) is 0 Å². The fourth-order valence-corrected chi connectivity index (χ4v) is 1.51. The maximum absolute atomic E-state index is 3.39. The van der Waals surface area contributed by atoms with Crippen molar-refractivity contribution in [1.82, 2.24) is 10.2 Å². The van der Waals surface area contributed by atoms with Crippen molar-refractivity contribution >= 4 is 12.4 Å². The molecule has 1 rings (SSSR count). The Kier molecular flexibility index (Phi) is 4.37. The zero-order valence-corrected chi connectivity index (χ0v) is 8.50. The minimum Gasteiger partial charge on any atom is -0.315 e. The van der Waals surface area contributed by atoms with E-state index in [9.17, 15) is 0 Å². The summed E-state index contributed by atoms with van der Waals surface area (Å²) < 4.78 is 0. The first kappa shape index (κ1) is 11.2.